The summed E-state index contributed by atoms with van der Waals surface area (Å²) in [5, 5.41) is 4.19. The molecule has 26 heavy (non-hydrogen) atoms. The standard InChI is InChI=1S/C15H15F4N5O2.2H2/c1-14(2,13(26)22-7-15(17,18)19)24-12-9(16)6-21-11(23-12)8-3-4-10(25)20-5-8;;/h3-6H,7H2,1-2H3,(H,20,25)(H,22,26)(H,21,23,24);2*1H. The van der Waals surface area contributed by atoms with Gasteiger partial charge in [-0.25, -0.2) is 14.4 Å². The van der Waals surface area contributed by atoms with Crippen molar-refractivity contribution in [2.24, 2.45) is 0 Å². The number of H-pyrrole nitrogens is 1. The number of halogens is 4. The first kappa shape index (κ1) is 19.3. The Bertz CT molecular complexity index is 854. The van der Waals surface area contributed by atoms with Crippen LogP contribution in [0.4, 0.5) is 23.4 Å². The van der Waals surface area contributed by atoms with Crippen molar-refractivity contribution in [2.75, 3.05) is 11.9 Å². The summed E-state index contributed by atoms with van der Waals surface area (Å²) < 4.78 is 50.6. The lowest BCUT2D eigenvalue weighted by atomic mass is 10.0. The molecule has 0 saturated carbocycles. The van der Waals surface area contributed by atoms with Gasteiger partial charge in [0.2, 0.25) is 11.5 Å². The summed E-state index contributed by atoms with van der Waals surface area (Å²) in [4.78, 5) is 33.1. The molecule has 0 aliphatic carbocycles. The molecule has 11 heteroatoms. The van der Waals surface area contributed by atoms with Crippen LogP contribution in [-0.4, -0.2) is 39.1 Å². The van der Waals surface area contributed by atoms with E-state index in [1.54, 1.807) is 5.32 Å². The Kier molecular flexibility index (Phi) is 5.28. The Balaban J connectivity index is 0.00000364. The number of amides is 1. The van der Waals surface area contributed by atoms with E-state index >= 15 is 0 Å². The van der Waals surface area contributed by atoms with Crippen LogP contribution >= 0.6 is 0 Å². The highest BCUT2D eigenvalue weighted by molar-refractivity contribution is 5.88. The molecule has 0 fully saturated rings. The van der Waals surface area contributed by atoms with Crippen LogP contribution in [0, 0.1) is 5.82 Å². The maximum Gasteiger partial charge on any atom is 0.405 e. The second kappa shape index (κ2) is 7.10. The van der Waals surface area contributed by atoms with Gasteiger partial charge in [0.15, 0.2) is 17.5 Å². The Morgan fingerprint density at radius 3 is 2.58 bits per heavy atom. The number of carbonyl (C=O) groups excluding carboxylic acids is 1. The van der Waals surface area contributed by atoms with Crippen LogP contribution in [-0.2, 0) is 4.79 Å². The fourth-order valence-electron chi connectivity index (χ4n) is 1.90. The van der Waals surface area contributed by atoms with E-state index in [2.05, 4.69) is 20.3 Å². The zero-order valence-electron chi connectivity index (χ0n) is 13.7. The molecule has 0 aliphatic heterocycles. The van der Waals surface area contributed by atoms with E-state index in [1.165, 1.54) is 32.2 Å². The molecular weight excluding hydrogens is 358 g/mol. The van der Waals surface area contributed by atoms with Gasteiger partial charge in [0.1, 0.15) is 12.1 Å². The summed E-state index contributed by atoms with van der Waals surface area (Å²) in [6, 6.07) is 2.64. The van der Waals surface area contributed by atoms with Gasteiger partial charge >= 0.3 is 6.18 Å². The number of aromatic nitrogens is 3. The highest BCUT2D eigenvalue weighted by Gasteiger charge is 2.33. The predicted octanol–water partition coefficient (Wildman–Crippen LogP) is 2.33. The first-order chi connectivity index (χ1) is 12.0. The van der Waals surface area contributed by atoms with Gasteiger partial charge in [-0.2, -0.15) is 13.2 Å². The molecule has 2 rings (SSSR count). The third-order valence-corrected chi connectivity index (χ3v) is 3.23. The summed E-state index contributed by atoms with van der Waals surface area (Å²) in [5.74, 6) is -2.20. The number of nitrogens with zero attached hydrogens (tertiary/aromatic N) is 2. The number of rotatable bonds is 5. The number of anilines is 1. The smallest absolute Gasteiger partial charge is 0.354 e. The molecule has 0 aliphatic rings. The van der Waals surface area contributed by atoms with Crippen LogP contribution in [0.2, 0.25) is 0 Å². The van der Waals surface area contributed by atoms with Crippen molar-refractivity contribution >= 4 is 11.7 Å². The van der Waals surface area contributed by atoms with Gasteiger partial charge in [-0.05, 0) is 19.9 Å². The molecule has 2 aromatic rings. The second-order valence-electron chi connectivity index (χ2n) is 5.88. The molecule has 0 spiro atoms. The lowest BCUT2D eigenvalue weighted by molar-refractivity contribution is -0.140. The fourth-order valence-corrected chi connectivity index (χ4v) is 1.90. The Labute approximate surface area is 147 Å². The number of alkyl halides is 3. The SMILES string of the molecule is CC(C)(Nc1nc(-c2ccc(=O)[nH]c2)ncc1F)C(=O)NCC(F)(F)F.[HH].[HH]. The molecule has 0 aromatic carbocycles. The van der Waals surface area contributed by atoms with Crippen LogP contribution in [0.1, 0.15) is 16.7 Å². The van der Waals surface area contributed by atoms with Crippen LogP contribution < -0.4 is 16.2 Å². The van der Waals surface area contributed by atoms with Crippen LogP contribution in [0.3, 0.4) is 0 Å². The fraction of sp³-hybridized carbons (Fsp3) is 0.333. The number of pyridine rings is 1. The number of carbonyl (C=O) groups is 1. The molecule has 0 unspecified atom stereocenters. The molecule has 2 aromatic heterocycles. The highest BCUT2D eigenvalue weighted by Crippen LogP contribution is 2.21. The van der Waals surface area contributed by atoms with Crippen molar-refractivity contribution in [3.05, 3.63) is 40.7 Å². The average molecular weight is 377 g/mol. The molecular formula is C15H19F4N5O2. The third kappa shape index (κ3) is 5.01. The minimum atomic E-state index is -4.57. The summed E-state index contributed by atoms with van der Waals surface area (Å²) in [6.07, 6.45) is -2.40. The normalized spacial score (nSPS) is 11.9. The lowest BCUT2D eigenvalue weighted by Crippen LogP contribution is -2.50. The number of hydrogen-bond acceptors (Lipinski definition) is 5. The minimum Gasteiger partial charge on any atom is -0.354 e. The van der Waals surface area contributed by atoms with Crippen molar-refractivity contribution in [1.82, 2.24) is 20.3 Å². The van der Waals surface area contributed by atoms with Gasteiger partial charge in [-0.15, -0.1) is 0 Å². The van der Waals surface area contributed by atoms with E-state index in [0.717, 1.165) is 6.20 Å². The Hall–Kier alpha value is -2.98. The molecule has 0 bridgehead atoms. The molecule has 0 atom stereocenters. The van der Waals surface area contributed by atoms with Gasteiger partial charge in [0.05, 0.1) is 6.20 Å². The summed E-state index contributed by atoms with van der Waals surface area (Å²) in [7, 11) is 0. The monoisotopic (exact) mass is 377 g/mol. The number of hydrogen-bond donors (Lipinski definition) is 3. The predicted molar refractivity (Wildman–Crippen MR) is 89.0 cm³/mol. The third-order valence-electron chi connectivity index (χ3n) is 3.23. The van der Waals surface area contributed by atoms with E-state index in [4.69, 9.17) is 0 Å². The second-order valence-corrected chi connectivity index (χ2v) is 5.88. The Morgan fingerprint density at radius 1 is 1.31 bits per heavy atom. The quantitative estimate of drug-likeness (QED) is 0.695. The summed E-state index contributed by atoms with van der Waals surface area (Å²) in [6.45, 7) is 1.05. The molecule has 0 radical (unpaired) electrons. The maximum atomic E-state index is 14.0. The van der Waals surface area contributed by atoms with Crippen molar-refractivity contribution < 1.29 is 25.2 Å². The molecule has 1 amide bonds. The van der Waals surface area contributed by atoms with Crippen LogP contribution in [0.5, 0.6) is 0 Å². The van der Waals surface area contributed by atoms with Gasteiger partial charge in [-0.3, -0.25) is 9.59 Å². The first-order valence-electron chi connectivity index (χ1n) is 7.33. The number of aromatic amines is 1. The van der Waals surface area contributed by atoms with Gasteiger partial charge in [-0.1, -0.05) is 0 Å². The van der Waals surface area contributed by atoms with E-state index in [0.29, 0.717) is 5.56 Å². The Morgan fingerprint density at radius 2 is 2.00 bits per heavy atom. The highest BCUT2D eigenvalue weighted by atomic mass is 19.4. The molecule has 7 nitrogen and oxygen atoms in total. The van der Waals surface area contributed by atoms with Crippen molar-refractivity contribution in [3.63, 3.8) is 0 Å². The first-order valence-corrected chi connectivity index (χ1v) is 7.33. The van der Waals surface area contributed by atoms with E-state index in [1.807, 2.05) is 0 Å². The summed E-state index contributed by atoms with van der Waals surface area (Å²) >= 11 is 0. The van der Waals surface area contributed by atoms with Crippen LogP contribution in [0.25, 0.3) is 11.4 Å². The molecule has 0 saturated heterocycles. The zero-order valence-corrected chi connectivity index (χ0v) is 13.7. The van der Waals surface area contributed by atoms with Crippen LogP contribution in [0.15, 0.2) is 29.3 Å². The van der Waals surface area contributed by atoms with Gasteiger partial charge in [0.25, 0.3) is 0 Å². The van der Waals surface area contributed by atoms with E-state index in [-0.39, 0.29) is 20.1 Å². The molecule has 2 heterocycles. The molecule has 3 N–H and O–H groups in total. The van der Waals surface area contributed by atoms with E-state index < -0.39 is 30.0 Å². The zero-order chi connectivity index (χ0) is 19.5. The van der Waals surface area contributed by atoms with E-state index in [9.17, 15) is 27.2 Å². The van der Waals surface area contributed by atoms with Crippen molar-refractivity contribution in [3.8, 4) is 11.4 Å². The maximum absolute atomic E-state index is 14.0. The number of nitrogens with one attached hydrogen (secondary N) is 3. The minimum absolute atomic E-state index is 0. The van der Waals surface area contributed by atoms with Crippen molar-refractivity contribution in [1.29, 1.82) is 0 Å². The molecule has 144 valence electrons. The average Bonchev–Trinajstić information content (AvgIpc) is 2.54. The van der Waals surface area contributed by atoms with Crippen molar-refractivity contribution in [2.45, 2.75) is 25.6 Å². The van der Waals surface area contributed by atoms with Gasteiger partial charge in [0, 0.05) is 20.7 Å². The van der Waals surface area contributed by atoms with Gasteiger partial charge < -0.3 is 15.6 Å². The largest absolute Gasteiger partial charge is 0.405 e. The summed E-state index contributed by atoms with van der Waals surface area (Å²) in [5.41, 5.74) is -1.55. The lowest BCUT2D eigenvalue weighted by Gasteiger charge is -2.26. The topological polar surface area (TPSA) is 99.8 Å².